The molecule has 4 nitrogen and oxygen atoms in total. The summed E-state index contributed by atoms with van der Waals surface area (Å²) in [6.45, 7) is 0. The Kier molecular flexibility index (Phi) is 2.25. The van der Waals surface area contributed by atoms with Gasteiger partial charge in [-0.25, -0.2) is 0 Å². The van der Waals surface area contributed by atoms with Crippen molar-refractivity contribution in [2.24, 2.45) is 0 Å². The van der Waals surface area contributed by atoms with Crippen molar-refractivity contribution in [2.75, 3.05) is 0 Å². The largest absolute Gasteiger partial charge is 0.481 e. The van der Waals surface area contributed by atoms with Crippen molar-refractivity contribution in [1.82, 2.24) is 10.2 Å². The maximum Gasteiger partial charge on any atom is 0.309 e. The van der Waals surface area contributed by atoms with Crippen molar-refractivity contribution >= 4 is 32.8 Å². The van der Waals surface area contributed by atoms with E-state index in [2.05, 4.69) is 26.1 Å². The summed E-state index contributed by atoms with van der Waals surface area (Å²) >= 11 is 3.33. The van der Waals surface area contributed by atoms with Crippen LogP contribution in [0.2, 0.25) is 0 Å². The molecule has 2 aromatic rings. The molecule has 0 saturated heterocycles. The molecule has 0 spiro atoms. The summed E-state index contributed by atoms with van der Waals surface area (Å²) in [5.41, 5.74) is 1.41. The molecule has 0 fully saturated rings. The Morgan fingerprint density at radius 3 is 3.07 bits per heavy atom. The smallest absolute Gasteiger partial charge is 0.309 e. The predicted octanol–water partition coefficient (Wildman–Crippen LogP) is 1.95. The fraction of sp³-hybridized carbons (Fsp3) is 0.111. The minimum Gasteiger partial charge on any atom is -0.481 e. The fourth-order valence-corrected chi connectivity index (χ4v) is 1.69. The summed E-state index contributed by atoms with van der Waals surface area (Å²) in [6, 6.07) is 5.58. The molecule has 14 heavy (non-hydrogen) atoms. The van der Waals surface area contributed by atoms with Crippen molar-refractivity contribution in [3.63, 3.8) is 0 Å². The summed E-state index contributed by atoms with van der Waals surface area (Å²) in [5.74, 6) is -0.874. The number of aromatic amines is 1. The van der Waals surface area contributed by atoms with E-state index in [1.165, 1.54) is 0 Å². The minimum absolute atomic E-state index is 0.0539. The zero-order valence-electron chi connectivity index (χ0n) is 7.12. The van der Waals surface area contributed by atoms with Gasteiger partial charge < -0.3 is 5.11 Å². The van der Waals surface area contributed by atoms with E-state index in [-0.39, 0.29) is 6.42 Å². The number of halogens is 1. The SMILES string of the molecule is O=C(O)Cc1n[nH]c2cc(Br)ccc12. The van der Waals surface area contributed by atoms with E-state index in [1.54, 1.807) is 0 Å². The monoisotopic (exact) mass is 254 g/mol. The molecule has 1 heterocycles. The predicted molar refractivity (Wildman–Crippen MR) is 55.1 cm³/mol. The number of nitrogens with one attached hydrogen (secondary N) is 1. The number of carboxylic acid groups (broad SMARTS) is 1. The van der Waals surface area contributed by atoms with Gasteiger partial charge >= 0.3 is 5.97 Å². The highest BCUT2D eigenvalue weighted by atomic mass is 79.9. The average molecular weight is 255 g/mol. The lowest BCUT2D eigenvalue weighted by Gasteiger charge is -1.92. The van der Waals surface area contributed by atoms with Crippen LogP contribution in [0.5, 0.6) is 0 Å². The molecule has 2 rings (SSSR count). The number of benzene rings is 1. The molecular formula is C9H7BrN2O2. The van der Waals surface area contributed by atoms with Gasteiger partial charge in [-0.2, -0.15) is 5.10 Å². The van der Waals surface area contributed by atoms with E-state index in [0.29, 0.717) is 5.69 Å². The van der Waals surface area contributed by atoms with Crippen molar-refractivity contribution in [3.8, 4) is 0 Å². The van der Waals surface area contributed by atoms with Gasteiger partial charge in [-0.15, -0.1) is 0 Å². The highest BCUT2D eigenvalue weighted by Gasteiger charge is 2.08. The number of carbonyl (C=O) groups is 1. The number of hydrogen-bond donors (Lipinski definition) is 2. The molecule has 0 aliphatic carbocycles. The molecule has 0 amide bonds. The Hall–Kier alpha value is -1.36. The zero-order chi connectivity index (χ0) is 10.1. The Balaban J connectivity index is 2.52. The zero-order valence-corrected chi connectivity index (χ0v) is 8.71. The van der Waals surface area contributed by atoms with Gasteiger partial charge in [0.2, 0.25) is 0 Å². The van der Waals surface area contributed by atoms with Crippen molar-refractivity contribution in [2.45, 2.75) is 6.42 Å². The van der Waals surface area contributed by atoms with E-state index in [0.717, 1.165) is 15.4 Å². The lowest BCUT2D eigenvalue weighted by Crippen LogP contribution is -2.00. The second-order valence-electron chi connectivity index (χ2n) is 2.93. The maximum absolute atomic E-state index is 10.5. The topological polar surface area (TPSA) is 66.0 Å². The Labute approximate surface area is 88.1 Å². The molecule has 72 valence electrons. The van der Waals surface area contributed by atoms with E-state index >= 15 is 0 Å². The molecule has 5 heteroatoms. The molecular weight excluding hydrogens is 248 g/mol. The molecule has 0 unspecified atom stereocenters. The van der Waals surface area contributed by atoms with Crippen LogP contribution >= 0.6 is 15.9 Å². The molecule has 0 atom stereocenters. The van der Waals surface area contributed by atoms with Crippen LogP contribution in [0.4, 0.5) is 0 Å². The van der Waals surface area contributed by atoms with Gasteiger partial charge in [0.05, 0.1) is 17.6 Å². The van der Waals surface area contributed by atoms with Gasteiger partial charge in [-0.3, -0.25) is 9.89 Å². The lowest BCUT2D eigenvalue weighted by molar-refractivity contribution is -0.136. The number of aliphatic carboxylic acids is 1. The first-order chi connectivity index (χ1) is 6.66. The Morgan fingerprint density at radius 1 is 1.57 bits per heavy atom. The van der Waals surface area contributed by atoms with Crippen LogP contribution in [0, 0.1) is 0 Å². The van der Waals surface area contributed by atoms with Crippen molar-refractivity contribution in [3.05, 3.63) is 28.4 Å². The number of hydrogen-bond acceptors (Lipinski definition) is 2. The van der Waals surface area contributed by atoms with Crippen LogP contribution in [-0.4, -0.2) is 21.3 Å². The van der Waals surface area contributed by atoms with E-state index in [1.807, 2.05) is 18.2 Å². The molecule has 0 bridgehead atoms. The second kappa shape index (κ2) is 3.42. The third kappa shape index (κ3) is 1.63. The normalized spacial score (nSPS) is 10.6. The third-order valence-corrected chi connectivity index (χ3v) is 2.42. The number of fused-ring (bicyclic) bond motifs is 1. The molecule has 1 aromatic carbocycles. The molecule has 0 aliphatic heterocycles. The molecule has 2 N–H and O–H groups in total. The fourth-order valence-electron chi connectivity index (χ4n) is 1.33. The first-order valence-electron chi connectivity index (χ1n) is 4.01. The van der Waals surface area contributed by atoms with Gasteiger partial charge in [-0.05, 0) is 18.2 Å². The van der Waals surface area contributed by atoms with E-state index < -0.39 is 5.97 Å². The van der Waals surface area contributed by atoms with Crippen LogP contribution in [0.3, 0.4) is 0 Å². The van der Waals surface area contributed by atoms with Crippen molar-refractivity contribution in [1.29, 1.82) is 0 Å². The van der Waals surface area contributed by atoms with Gasteiger partial charge in [0.1, 0.15) is 0 Å². The first-order valence-corrected chi connectivity index (χ1v) is 4.80. The van der Waals surface area contributed by atoms with Crippen LogP contribution in [0.25, 0.3) is 10.9 Å². The number of nitrogens with zero attached hydrogens (tertiary/aromatic N) is 1. The van der Waals surface area contributed by atoms with Crippen LogP contribution < -0.4 is 0 Å². The Morgan fingerprint density at radius 2 is 2.36 bits per heavy atom. The number of carboxylic acids is 1. The molecule has 1 aromatic heterocycles. The van der Waals surface area contributed by atoms with E-state index in [9.17, 15) is 4.79 Å². The van der Waals surface area contributed by atoms with Crippen LogP contribution in [-0.2, 0) is 11.2 Å². The summed E-state index contributed by atoms with van der Waals surface area (Å²) < 4.78 is 0.940. The second-order valence-corrected chi connectivity index (χ2v) is 3.85. The first kappa shape index (κ1) is 9.21. The highest BCUT2D eigenvalue weighted by Crippen LogP contribution is 2.20. The van der Waals surface area contributed by atoms with Gasteiger partial charge in [0.25, 0.3) is 0 Å². The van der Waals surface area contributed by atoms with Crippen LogP contribution in [0.15, 0.2) is 22.7 Å². The number of aromatic nitrogens is 2. The van der Waals surface area contributed by atoms with Gasteiger partial charge in [-0.1, -0.05) is 15.9 Å². The highest BCUT2D eigenvalue weighted by molar-refractivity contribution is 9.10. The van der Waals surface area contributed by atoms with E-state index in [4.69, 9.17) is 5.11 Å². The number of rotatable bonds is 2. The Bertz CT molecular complexity index is 493. The van der Waals surface area contributed by atoms with Crippen LogP contribution in [0.1, 0.15) is 5.69 Å². The maximum atomic E-state index is 10.5. The summed E-state index contributed by atoms with van der Waals surface area (Å²) in [4.78, 5) is 10.5. The van der Waals surface area contributed by atoms with Crippen molar-refractivity contribution < 1.29 is 9.90 Å². The average Bonchev–Trinajstić information content (AvgIpc) is 2.47. The summed E-state index contributed by atoms with van der Waals surface area (Å²) in [5, 5.41) is 16.2. The molecule has 0 radical (unpaired) electrons. The molecule has 0 saturated carbocycles. The lowest BCUT2D eigenvalue weighted by atomic mass is 10.2. The standard InChI is InChI=1S/C9H7BrN2O2/c10-5-1-2-6-7(3-5)11-12-8(6)4-9(13)14/h1-3H,4H2,(H,11,12)(H,13,14). The number of H-pyrrole nitrogens is 1. The summed E-state index contributed by atoms with van der Waals surface area (Å²) in [7, 11) is 0. The third-order valence-electron chi connectivity index (χ3n) is 1.92. The molecule has 0 aliphatic rings. The summed E-state index contributed by atoms with van der Waals surface area (Å²) in [6.07, 6.45) is -0.0539. The van der Waals surface area contributed by atoms with Gasteiger partial charge in [0, 0.05) is 9.86 Å². The minimum atomic E-state index is -0.874. The van der Waals surface area contributed by atoms with Gasteiger partial charge in [0.15, 0.2) is 0 Å². The quantitative estimate of drug-likeness (QED) is 0.861.